The van der Waals surface area contributed by atoms with Gasteiger partial charge in [0.1, 0.15) is 18.2 Å². The summed E-state index contributed by atoms with van der Waals surface area (Å²) in [6, 6.07) is 10.7. The van der Waals surface area contributed by atoms with Crippen LogP contribution < -0.4 is 16.4 Å². The Kier molecular flexibility index (Phi) is 6.39. The lowest BCUT2D eigenvalue weighted by Gasteiger charge is -2.09. The molecule has 29 heavy (non-hydrogen) atoms. The molecule has 2 aromatic carbocycles. The third-order valence-electron chi connectivity index (χ3n) is 3.64. The molecular weight excluding hydrogens is 402 g/mol. The Labute approximate surface area is 168 Å². The van der Waals surface area contributed by atoms with Gasteiger partial charge >= 0.3 is 0 Å². The zero-order chi connectivity index (χ0) is 20.8. The van der Waals surface area contributed by atoms with Crippen molar-refractivity contribution in [3.8, 4) is 0 Å². The molecular formula is C18H16F2N6O2S. The van der Waals surface area contributed by atoms with E-state index in [1.807, 2.05) is 0 Å². The van der Waals surface area contributed by atoms with E-state index in [-0.39, 0.29) is 29.3 Å². The number of carbonyl (C=O) groups excluding carboxylic acids is 2. The first-order valence-electron chi connectivity index (χ1n) is 8.33. The summed E-state index contributed by atoms with van der Waals surface area (Å²) in [5, 5.41) is 13.1. The van der Waals surface area contributed by atoms with E-state index in [0.717, 1.165) is 11.8 Å². The van der Waals surface area contributed by atoms with Gasteiger partial charge in [-0.2, -0.15) is 0 Å². The smallest absolute Gasteiger partial charge is 0.244 e. The van der Waals surface area contributed by atoms with Crippen molar-refractivity contribution in [2.45, 2.75) is 11.7 Å². The summed E-state index contributed by atoms with van der Waals surface area (Å²) < 4.78 is 27.2. The molecule has 150 valence electrons. The largest absolute Gasteiger partial charge is 0.368 e. The molecule has 0 unspecified atom stereocenters. The first-order valence-corrected chi connectivity index (χ1v) is 9.31. The Morgan fingerprint density at radius 1 is 0.897 bits per heavy atom. The molecule has 3 rings (SSSR count). The van der Waals surface area contributed by atoms with E-state index in [9.17, 15) is 18.4 Å². The van der Waals surface area contributed by atoms with Crippen LogP contribution in [0.25, 0.3) is 0 Å². The SMILES string of the molecule is Nc1nnc(SCC(=O)Nc2ccc(F)cc2)n1CC(=O)Nc1ccc(F)cc1. The van der Waals surface area contributed by atoms with Crippen LogP contribution in [0, 0.1) is 11.6 Å². The summed E-state index contributed by atoms with van der Waals surface area (Å²) >= 11 is 1.04. The minimum absolute atomic E-state index is 0.0145. The van der Waals surface area contributed by atoms with Crippen LogP contribution in [0.3, 0.4) is 0 Å². The van der Waals surface area contributed by atoms with E-state index in [2.05, 4.69) is 20.8 Å². The Morgan fingerprint density at radius 2 is 1.41 bits per heavy atom. The molecule has 11 heteroatoms. The lowest BCUT2D eigenvalue weighted by Crippen LogP contribution is -2.21. The highest BCUT2D eigenvalue weighted by Gasteiger charge is 2.15. The standard InChI is InChI=1S/C18H16F2N6O2S/c19-11-1-5-13(6-2-11)22-15(27)9-26-17(21)24-25-18(26)29-10-16(28)23-14-7-3-12(20)4-8-14/h1-8H,9-10H2,(H2,21,24)(H,22,27)(H,23,28). The van der Waals surface area contributed by atoms with Gasteiger partial charge in [-0.25, -0.2) is 8.78 Å². The zero-order valence-electron chi connectivity index (χ0n) is 14.9. The maximum Gasteiger partial charge on any atom is 0.244 e. The van der Waals surface area contributed by atoms with Crippen LogP contribution in [-0.2, 0) is 16.1 Å². The molecule has 3 aromatic rings. The number of aromatic nitrogens is 3. The number of hydrogen-bond acceptors (Lipinski definition) is 6. The number of nitrogens with one attached hydrogen (secondary N) is 2. The van der Waals surface area contributed by atoms with Crippen molar-refractivity contribution in [2.75, 3.05) is 22.1 Å². The highest BCUT2D eigenvalue weighted by molar-refractivity contribution is 7.99. The van der Waals surface area contributed by atoms with Crippen LogP contribution in [0.1, 0.15) is 0 Å². The van der Waals surface area contributed by atoms with E-state index in [1.165, 1.54) is 53.1 Å². The van der Waals surface area contributed by atoms with Crippen molar-refractivity contribution in [3.05, 3.63) is 60.2 Å². The van der Waals surface area contributed by atoms with Gasteiger partial charge in [0, 0.05) is 11.4 Å². The van der Waals surface area contributed by atoms with Crippen molar-refractivity contribution in [2.24, 2.45) is 0 Å². The van der Waals surface area contributed by atoms with E-state index >= 15 is 0 Å². The maximum absolute atomic E-state index is 12.9. The fourth-order valence-corrected chi connectivity index (χ4v) is 3.04. The van der Waals surface area contributed by atoms with Crippen molar-refractivity contribution >= 4 is 40.9 Å². The fourth-order valence-electron chi connectivity index (χ4n) is 2.29. The van der Waals surface area contributed by atoms with Crippen molar-refractivity contribution in [1.29, 1.82) is 0 Å². The van der Waals surface area contributed by atoms with E-state index < -0.39 is 17.5 Å². The predicted molar refractivity (Wildman–Crippen MR) is 105 cm³/mol. The number of nitrogen functional groups attached to an aromatic ring is 1. The van der Waals surface area contributed by atoms with Crippen LogP contribution in [0.2, 0.25) is 0 Å². The minimum Gasteiger partial charge on any atom is -0.368 e. The molecule has 0 aliphatic heterocycles. The molecule has 8 nitrogen and oxygen atoms in total. The lowest BCUT2D eigenvalue weighted by molar-refractivity contribution is -0.117. The number of halogens is 2. The summed E-state index contributed by atoms with van der Waals surface area (Å²) in [7, 11) is 0. The van der Waals surface area contributed by atoms with Crippen LogP contribution in [0.5, 0.6) is 0 Å². The molecule has 0 aliphatic carbocycles. The number of amides is 2. The predicted octanol–water partition coefficient (Wildman–Crippen LogP) is 2.51. The fraction of sp³-hybridized carbons (Fsp3) is 0.111. The molecule has 1 aromatic heterocycles. The molecule has 0 bridgehead atoms. The van der Waals surface area contributed by atoms with Crippen molar-refractivity contribution in [1.82, 2.24) is 14.8 Å². The molecule has 4 N–H and O–H groups in total. The Morgan fingerprint density at radius 3 is 1.97 bits per heavy atom. The molecule has 1 heterocycles. The molecule has 0 aliphatic rings. The molecule has 0 spiro atoms. The summed E-state index contributed by atoms with van der Waals surface area (Å²) in [6.07, 6.45) is 0. The average molecular weight is 418 g/mol. The highest BCUT2D eigenvalue weighted by atomic mass is 32.2. The maximum atomic E-state index is 12.9. The highest BCUT2D eigenvalue weighted by Crippen LogP contribution is 2.19. The number of rotatable bonds is 7. The third kappa shape index (κ3) is 5.75. The number of nitrogens with two attached hydrogens (primary N) is 1. The summed E-state index contributed by atoms with van der Waals surface area (Å²) in [5.74, 6) is -1.58. The molecule has 0 saturated heterocycles. The zero-order valence-corrected chi connectivity index (χ0v) is 15.7. The van der Waals surface area contributed by atoms with Gasteiger partial charge in [0.15, 0.2) is 5.16 Å². The van der Waals surface area contributed by atoms with Gasteiger partial charge in [-0.05, 0) is 48.5 Å². The number of anilines is 3. The van der Waals surface area contributed by atoms with Crippen molar-refractivity contribution in [3.63, 3.8) is 0 Å². The van der Waals surface area contributed by atoms with E-state index in [4.69, 9.17) is 5.73 Å². The topological polar surface area (TPSA) is 115 Å². The first kappa shape index (κ1) is 20.3. The second-order valence-corrected chi connectivity index (χ2v) is 6.77. The number of nitrogens with zero attached hydrogens (tertiary/aromatic N) is 3. The van der Waals surface area contributed by atoms with Crippen LogP contribution in [0.15, 0.2) is 53.7 Å². The van der Waals surface area contributed by atoms with Crippen LogP contribution in [0.4, 0.5) is 26.1 Å². The van der Waals surface area contributed by atoms with Gasteiger partial charge in [0.05, 0.1) is 5.75 Å². The number of carbonyl (C=O) groups is 2. The van der Waals surface area contributed by atoms with Gasteiger partial charge in [-0.15, -0.1) is 10.2 Å². The minimum atomic E-state index is -0.416. The monoisotopic (exact) mass is 418 g/mol. The molecule has 2 amide bonds. The van der Waals surface area contributed by atoms with E-state index in [1.54, 1.807) is 0 Å². The Balaban J connectivity index is 1.57. The number of benzene rings is 2. The molecule has 0 fully saturated rings. The van der Waals surface area contributed by atoms with Crippen LogP contribution in [-0.4, -0.2) is 32.3 Å². The Hall–Kier alpha value is -3.47. The second kappa shape index (κ2) is 9.15. The molecule has 0 radical (unpaired) electrons. The van der Waals surface area contributed by atoms with E-state index in [0.29, 0.717) is 11.4 Å². The number of thioether (sulfide) groups is 1. The molecule has 0 saturated carbocycles. The second-order valence-electron chi connectivity index (χ2n) is 5.83. The summed E-state index contributed by atoms with van der Waals surface area (Å²) in [5.41, 5.74) is 6.64. The van der Waals surface area contributed by atoms with Gasteiger partial charge < -0.3 is 16.4 Å². The number of hydrogen-bond donors (Lipinski definition) is 3. The average Bonchev–Trinajstić information content (AvgIpc) is 3.03. The van der Waals surface area contributed by atoms with Crippen molar-refractivity contribution < 1.29 is 18.4 Å². The van der Waals surface area contributed by atoms with Gasteiger partial charge in [0.25, 0.3) is 0 Å². The van der Waals surface area contributed by atoms with Crippen LogP contribution >= 0.6 is 11.8 Å². The molecule has 0 atom stereocenters. The first-order chi connectivity index (χ1) is 13.9. The van der Waals surface area contributed by atoms with Gasteiger partial charge in [0.2, 0.25) is 17.8 Å². The quantitative estimate of drug-likeness (QED) is 0.508. The third-order valence-corrected chi connectivity index (χ3v) is 4.60. The van der Waals surface area contributed by atoms with Gasteiger partial charge in [-0.3, -0.25) is 14.2 Å². The Bertz CT molecular complexity index is 1010. The summed E-state index contributed by atoms with van der Waals surface area (Å²) in [6.45, 7) is -0.182. The van der Waals surface area contributed by atoms with Gasteiger partial charge in [-0.1, -0.05) is 11.8 Å². The summed E-state index contributed by atoms with van der Waals surface area (Å²) in [4.78, 5) is 24.3. The lowest BCUT2D eigenvalue weighted by atomic mass is 10.3. The normalized spacial score (nSPS) is 10.6.